The number of para-hydroxylation sites is 2. The molecule has 0 fully saturated rings. The maximum Gasteiger partial charge on any atom is 0.179 e. The first-order valence-corrected chi connectivity index (χ1v) is 17.6. The third-order valence-corrected chi connectivity index (χ3v) is 14.0. The zero-order valence-corrected chi connectivity index (χ0v) is 26.2. The molecule has 0 unspecified atom stereocenters. The zero-order chi connectivity index (χ0) is 30.9. The SMILES string of the molecule is N#Cc1cc(-n2c3ccccc3c3ccccc32)ccc1-c1ccc([Si](c2ccccc2)(c2ccccc2)c2ccccc2)cc1. The molecule has 8 rings (SSSR count). The normalized spacial score (nSPS) is 11.5. The van der Waals surface area contributed by atoms with Gasteiger partial charge in [-0.1, -0.05) is 158 Å². The van der Waals surface area contributed by atoms with Gasteiger partial charge in [-0.15, -0.1) is 0 Å². The highest BCUT2D eigenvalue weighted by Gasteiger charge is 2.41. The number of aromatic nitrogens is 1. The van der Waals surface area contributed by atoms with Crippen LogP contribution in [-0.4, -0.2) is 12.6 Å². The van der Waals surface area contributed by atoms with Crippen molar-refractivity contribution in [1.29, 1.82) is 5.26 Å². The Kier molecular flexibility index (Phi) is 6.91. The van der Waals surface area contributed by atoms with Gasteiger partial charge in [0.25, 0.3) is 0 Å². The molecule has 0 atom stereocenters. The van der Waals surface area contributed by atoms with Gasteiger partial charge in [-0.05, 0) is 56.1 Å². The molecule has 0 amide bonds. The van der Waals surface area contributed by atoms with Gasteiger partial charge in [0.15, 0.2) is 8.07 Å². The monoisotopic (exact) mass is 602 g/mol. The summed E-state index contributed by atoms with van der Waals surface area (Å²) in [6.07, 6.45) is 0. The molecule has 0 radical (unpaired) electrons. The summed E-state index contributed by atoms with van der Waals surface area (Å²) in [4.78, 5) is 0. The number of rotatable bonds is 6. The van der Waals surface area contributed by atoms with Crippen LogP contribution in [0.25, 0.3) is 38.6 Å². The molecule has 2 nitrogen and oxygen atoms in total. The minimum Gasteiger partial charge on any atom is -0.309 e. The lowest BCUT2D eigenvalue weighted by Crippen LogP contribution is -2.74. The van der Waals surface area contributed by atoms with Crippen molar-refractivity contribution in [1.82, 2.24) is 4.57 Å². The summed E-state index contributed by atoms with van der Waals surface area (Å²) in [7, 11) is -2.61. The average molecular weight is 603 g/mol. The Morgan fingerprint density at radius 2 is 0.870 bits per heavy atom. The van der Waals surface area contributed by atoms with E-state index in [0.29, 0.717) is 5.56 Å². The Morgan fingerprint density at radius 3 is 1.35 bits per heavy atom. The van der Waals surface area contributed by atoms with Gasteiger partial charge in [-0.2, -0.15) is 5.26 Å². The van der Waals surface area contributed by atoms with Crippen molar-refractivity contribution in [2.45, 2.75) is 0 Å². The van der Waals surface area contributed by atoms with Crippen molar-refractivity contribution < 1.29 is 0 Å². The number of fused-ring (bicyclic) bond motifs is 3. The third-order valence-electron chi connectivity index (χ3n) is 9.21. The van der Waals surface area contributed by atoms with Crippen molar-refractivity contribution in [2.24, 2.45) is 0 Å². The van der Waals surface area contributed by atoms with Crippen LogP contribution in [0.4, 0.5) is 0 Å². The predicted octanol–water partition coefficient (Wildman–Crippen LogP) is 7.70. The molecule has 0 N–H and O–H groups in total. The van der Waals surface area contributed by atoms with Crippen LogP contribution in [0, 0.1) is 11.3 Å². The fourth-order valence-electron chi connectivity index (χ4n) is 7.18. The van der Waals surface area contributed by atoms with E-state index in [-0.39, 0.29) is 0 Å². The highest BCUT2D eigenvalue weighted by molar-refractivity contribution is 7.19. The molecule has 0 saturated heterocycles. The first kappa shape index (κ1) is 27.6. The average Bonchev–Trinajstić information content (AvgIpc) is 3.48. The van der Waals surface area contributed by atoms with Crippen LogP contribution < -0.4 is 20.7 Å². The molecule has 1 heterocycles. The molecule has 0 aliphatic heterocycles. The molecule has 0 aliphatic rings. The van der Waals surface area contributed by atoms with E-state index in [1.54, 1.807) is 0 Å². The first-order chi connectivity index (χ1) is 22.8. The summed E-state index contributed by atoms with van der Waals surface area (Å²) in [5, 5.41) is 18.1. The predicted molar refractivity (Wildman–Crippen MR) is 195 cm³/mol. The topological polar surface area (TPSA) is 28.7 Å². The molecule has 0 spiro atoms. The van der Waals surface area contributed by atoms with Crippen molar-refractivity contribution in [3.05, 3.63) is 188 Å². The molecule has 46 heavy (non-hydrogen) atoms. The molecular weight excluding hydrogens is 573 g/mol. The molecule has 3 heteroatoms. The van der Waals surface area contributed by atoms with E-state index >= 15 is 0 Å². The van der Waals surface area contributed by atoms with Crippen LogP contribution >= 0.6 is 0 Å². The minimum atomic E-state index is -2.61. The standard InChI is InChI=1S/C43H30N2Si/c44-31-33-30-34(45-42-22-12-10-20-40(42)41-21-11-13-23-43(41)45)26-29-39(33)32-24-27-38(28-25-32)46(35-14-4-1-5-15-35,36-16-6-2-7-17-36)37-18-8-3-9-19-37/h1-30H. The quantitative estimate of drug-likeness (QED) is 0.142. The Bertz CT molecular complexity index is 2200. The van der Waals surface area contributed by atoms with E-state index < -0.39 is 8.07 Å². The summed E-state index contributed by atoms with van der Waals surface area (Å²) >= 11 is 0. The van der Waals surface area contributed by atoms with E-state index in [4.69, 9.17) is 0 Å². The third kappa shape index (κ3) is 4.39. The molecular formula is C43H30N2Si. The number of nitriles is 1. The fourth-order valence-corrected chi connectivity index (χ4v) is 11.9. The second kappa shape index (κ2) is 11.5. The maximum absolute atomic E-state index is 10.4. The van der Waals surface area contributed by atoms with Crippen LogP contribution in [0.5, 0.6) is 0 Å². The van der Waals surface area contributed by atoms with E-state index in [1.165, 1.54) is 31.5 Å². The van der Waals surface area contributed by atoms with Gasteiger partial charge in [0.2, 0.25) is 0 Å². The van der Waals surface area contributed by atoms with Gasteiger partial charge in [-0.25, -0.2) is 0 Å². The summed E-state index contributed by atoms with van der Waals surface area (Å²) in [6.45, 7) is 0. The van der Waals surface area contributed by atoms with Gasteiger partial charge in [0.05, 0.1) is 22.7 Å². The van der Waals surface area contributed by atoms with Gasteiger partial charge in [0, 0.05) is 16.5 Å². The Balaban J connectivity index is 1.27. The largest absolute Gasteiger partial charge is 0.309 e. The van der Waals surface area contributed by atoms with Crippen LogP contribution in [0.15, 0.2) is 182 Å². The van der Waals surface area contributed by atoms with E-state index in [1.807, 2.05) is 6.07 Å². The lowest BCUT2D eigenvalue weighted by molar-refractivity contribution is 1.18. The summed E-state index contributed by atoms with van der Waals surface area (Å²) < 4.78 is 2.26. The summed E-state index contributed by atoms with van der Waals surface area (Å²) in [5.74, 6) is 0. The smallest absolute Gasteiger partial charge is 0.179 e. The zero-order valence-electron chi connectivity index (χ0n) is 25.2. The van der Waals surface area contributed by atoms with Crippen molar-refractivity contribution in [2.75, 3.05) is 0 Å². The first-order valence-electron chi connectivity index (χ1n) is 15.6. The summed E-state index contributed by atoms with van der Waals surface area (Å²) in [5.41, 5.74) is 5.88. The highest BCUT2D eigenvalue weighted by Crippen LogP contribution is 2.33. The minimum absolute atomic E-state index is 0.657. The Hall–Kier alpha value is -5.95. The second-order valence-electron chi connectivity index (χ2n) is 11.6. The van der Waals surface area contributed by atoms with Crippen LogP contribution in [0.3, 0.4) is 0 Å². The number of hydrogen-bond acceptors (Lipinski definition) is 1. The second-order valence-corrected chi connectivity index (χ2v) is 15.4. The van der Waals surface area contributed by atoms with Crippen molar-refractivity contribution in [3.8, 4) is 22.9 Å². The van der Waals surface area contributed by atoms with Crippen LogP contribution in [0.2, 0.25) is 0 Å². The maximum atomic E-state index is 10.4. The molecule has 8 aromatic rings. The molecule has 7 aromatic carbocycles. The number of hydrogen-bond donors (Lipinski definition) is 0. The number of nitrogens with zero attached hydrogens (tertiary/aromatic N) is 2. The molecule has 216 valence electrons. The van der Waals surface area contributed by atoms with Gasteiger partial charge >= 0.3 is 0 Å². The van der Waals surface area contributed by atoms with E-state index in [0.717, 1.165) is 27.8 Å². The highest BCUT2D eigenvalue weighted by atomic mass is 28.3. The van der Waals surface area contributed by atoms with Crippen molar-refractivity contribution >= 4 is 50.6 Å². The van der Waals surface area contributed by atoms with E-state index in [9.17, 15) is 5.26 Å². The molecule has 0 aliphatic carbocycles. The van der Waals surface area contributed by atoms with Gasteiger partial charge in [-0.3, -0.25) is 0 Å². The number of benzene rings is 7. The molecule has 0 bridgehead atoms. The van der Waals surface area contributed by atoms with Crippen LogP contribution in [0.1, 0.15) is 5.56 Å². The molecule has 0 saturated carbocycles. The Labute approximate surface area is 270 Å². The molecule has 1 aromatic heterocycles. The van der Waals surface area contributed by atoms with Gasteiger partial charge < -0.3 is 4.57 Å². The van der Waals surface area contributed by atoms with Gasteiger partial charge in [0.1, 0.15) is 0 Å². The summed E-state index contributed by atoms with van der Waals surface area (Å²) in [6, 6.07) is 67.5. The van der Waals surface area contributed by atoms with Crippen molar-refractivity contribution in [3.63, 3.8) is 0 Å². The lowest BCUT2D eigenvalue weighted by atomic mass is 9.99. The van der Waals surface area contributed by atoms with Crippen LogP contribution in [-0.2, 0) is 0 Å². The fraction of sp³-hybridized carbons (Fsp3) is 0. The Morgan fingerprint density at radius 1 is 0.435 bits per heavy atom. The van der Waals surface area contributed by atoms with E-state index in [2.05, 4.69) is 187 Å². The lowest BCUT2D eigenvalue weighted by Gasteiger charge is -2.34.